The zero-order valence-electron chi connectivity index (χ0n) is 15.7. The van der Waals surface area contributed by atoms with Gasteiger partial charge in [0.15, 0.2) is 0 Å². The number of sulfonamides is 1. The molecule has 0 amide bonds. The van der Waals surface area contributed by atoms with Crippen molar-refractivity contribution in [2.45, 2.75) is 17.9 Å². The molecule has 148 valence electrons. The van der Waals surface area contributed by atoms with Crippen LogP contribution >= 0.6 is 0 Å². The van der Waals surface area contributed by atoms with E-state index in [9.17, 15) is 8.42 Å². The van der Waals surface area contributed by atoms with Crippen LogP contribution in [0, 0.1) is 11.3 Å². The lowest BCUT2D eigenvalue weighted by Crippen LogP contribution is -2.39. The number of hydrogen-bond acceptors (Lipinski definition) is 6. The number of pyridine rings is 1. The minimum Gasteiger partial charge on any atom is -0.379 e. The zero-order chi connectivity index (χ0) is 19.8. The van der Waals surface area contributed by atoms with Gasteiger partial charge in [0.2, 0.25) is 10.0 Å². The number of benzene rings is 1. The Morgan fingerprint density at radius 2 is 1.93 bits per heavy atom. The molecular formula is C20H24N4O3S. The highest BCUT2D eigenvalue weighted by Crippen LogP contribution is 2.20. The summed E-state index contributed by atoms with van der Waals surface area (Å²) in [6.07, 6.45) is 4.04. The predicted octanol–water partition coefficient (Wildman–Crippen LogP) is 1.87. The van der Waals surface area contributed by atoms with Crippen LogP contribution in [0.25, 0.3) is 0 Å². The van der Waals surface area contributed by atoms with Crippen LogP contribution < -0.4 is 0 Å². The highest BCUT2D eigenvalue weighted by atomic mass is 32.2. The van der Waals surface area contributed by atoms with Gasteiger partial charge in [-0.3, -0.25) is 9.88 Å². The maximum absolute atomic E-state index is 13.3. The van der Waals surface area contributed by atoms with Crippen LogP contribution in [0.1, 0.15) is 17.5 Å². The van der Waals surface area contributed by atoms with Crippen LogP contribution in [0.3, 0.4) is 0 Å². The molecule has 0 N–H and O–H groups in total. The second-order valence-electron chi connectivity index (χ2n) is 6.64. The van der Waals surface area contributed by atoms with Crippen molar-refractivity contribution in [3.63, 3.8) is 0 Å². The number of ether oxygens (including phenoxy) is 1. The van der Waals surface area contributed by atoms with Gasteiger partial charge in [-0.2, -0.15) is 9.57 Å². The molecule has 1 aromatic carbocycles. The van der Waals surface area contributed by atoms with E-state index >= 15 is 0 Å². The van der Waals surface area contributed by atoms with Crippen molar-refractivity contribution in [1.82, 2.24) is 14.2 Å². The molecular weight excluding hydrogens is 376 g/mol. The number of aromatic nitrogens is 1. The largest absolute Gasteiger partial charge is 0.379 e. The molecule has 2 aromatic rings. The molecule has 0 radical (unpaired) electrons. The van der Waals surface area contributed by atoms with E-state index in [2.05, 4.69) is 9.88 Å². The van der Waals surface area contributed by atoms with Crippen LogP contribution in [-0.2, 0) is 21.3 Å². The molecule has 8 heteroatoms. The first-order valence-corrected chi connectivity index (χ1v) is 10.7. The monoisotopic (exact) mass is 400 g/mol. The van der Waals surface area contributed by atoms with Crippen molar-refractivity contribution in [2.75, 3.05) is 39.4 Å². The van der Waals surface area contributed by atoms with Gasteiger partial charge in [-0.15, -0.1) is 0 Å². The zero-order valence-corrected chi connectivity index (χ0v) is 16.5. The number of rotatable bonds is 8. The molecule has 1 aliphatic rings. The molecule has 0 spiro atoms. The smallest absolute Gasteiger partial charge is 0.243 e. The molecule has 1 aromatic heterocycles. The summed E-state index contributed by atoms with van der Waals surface area (Å²) >= 11 is 0. The second-order valence-corrected chi connectivity index (χ2v) is 8.58. The average Bonchev–Trinajstić information content (AvgIpc) is 2.74. The van der Waals surface area contributed by atoms with Crippen LogP contribution in [0.5, 0.6) is 0 Å². The third-order valence-electron chi connectivity index (χ3n) is 4.69. The Labute approximate surface area is 166 Å². The van der Waals surface area contributed by atoms with Crippen molar-refractivity contribution in [2.24, 2.45) is 0 Å². The SMILES string of the molecule is N#Cc1cccc(S(=O)(=O)N(CCCN2CCOCC2)Cc2ccncc2)c1. The fourth-order valence-corrected chi connectivity index (χ4v) is 4.66. The molecule has 1 saturated heterocycles. The maximum atomic E-state index is 13.3. The van der Waals surface area contributed by atoms with Crippen molar-refractivity contribution in [3.8, 4) is 6.07 Å². The number of hydrogen-bond donors (Lipinski definition) is 0. The summed E-state index contributed by atoms with van der Waals surface area (Å²) < 4.78 is 33.4. The molecule has 0 saturated carbocycles. The molecule has 0 unspecified atom stereocenters. The Bertz CT molecular complexity index is 907. The Balaban J connectivity index is 1.76. The Morgan fingerprint density at radius 3 is 2.64 bits per heavy atom. The second kappa shape index (κ2) is 9.75. The molecule has 0 atom stereocenters. The summed E-state index contributed by atoms with van der Waals surface area (Å²) in [7, 11) is -3.72. The number of morpholine rings is 1. The maximum Gasteiger partial charge on any atom is 0.243 e. The molecule has 2 heterocycles. The minimum atomic E-state index is -3.72. The molecule has 1 aliphatic heterocycles. The van der Waals surface area contributed by atoms with Gasteiger partial charge in [-0.25, -0.2) is 8.42 Å². The lowest BCUT2D eigenvalue weighted by molar-refractivity contribution is 0.0368. The summed E-state index contributed by atoms with van der Waals surface area (Å²) in [4.78, 5) is 6.43. The quantitative estimate of drug-likeness (QED) is 0.672. The van der Waals surface area contributed by atoms with Gasteiger partial charge in [0.05, 0.1) is 29.7 Å². The lowest BCUT2D eigenvalue weighted by atomic mass is 10.2. The van der Waals surface area contributed by atoms with Crippen LogP contribution in [0.4, 0.5) is 0 Å². The topological polar surface area (TPSA) is 86.5 Å². The van der Waals surface area contributed by atoms with Gasteiger partial charge in [-0.05, 0) is 48.9 Å². The first kappa shape index (κ1) is 20.4. The highest BCUT2D eigenvalue weighted by molar-refractivity contribution is 7.89. The van der Waals surface area contributed by atoms with Crippen LogP contribution in [0.15, 0.2) is 53.7 Å². The Morgan fingerprint density at radius 1 is 1.18 bits per heavy atom. The third-order valence-corrected chi connectivity index (χ3v) is 6.54. The fraction of sp³-hybridized carbons (Fsp3) is 0.400. The Hall–Kier alpha value is -2.31. The van der Waals surface area contributed by atoms with E-state index in [4.69, 9.17) is 10.00 Å². The van der Waals surface area contributed by atoms with E-state index in [0.29, 0.717) is 12.1 Å². The van der Waals surface area contributed by atoms with Gasteiger partial charge in [-0.1, -0.05) is 6.07 Å². The Kier molecular flexibility index (Phi) is 7.12. The number of nitrogens with zero attached hydrogens (tertiary/aromatic N) is 4. The standard InChI is InChI=1S/C20H24N4O3S/c21-16-19-3-1-4-20(15-19)28(25,26)24(17-18-5-7-22-8-6-18)10-2-9-23-11-13-27-14-12-23/h1,3-8,15H,2,9-14,17H2. The van der Waals surface area contributed by atoms with Crippen molar-refractivity contribution >= 4 is 10.0 Å². The third kappa shape index (κ3) is 5.36. The first-order valence-electron chi connectivity index (χ1n) is 9.29. The van der Waals surface area contributed by atoms with Gasteiger partial charge < -0.3 is 4.74 Å². The molecule has 1 fully saturated rings. The summed E-state index contributed by atoms with van der Waals surface area (Å²) in [5.74, 6) is 0. The van der Waals surface area contributed by atoms with E-state index in [1.807, 2.05) is 18.2 Å². The van der Waals surface area contributed by atoms with Crippen molar-refractivity contribution in [1.29, 1.82) is 5.26 Å². The van der Waals surface area contributed by atoms with Gasteiger partial charge in [0.1, 0.15) is 0 Å². The van der Waals surface area contributed by atoms with Gasteiger partial charge in [0.25, 0.3) is 0 Å². The summed E-state index contributed by atoms with van der Waals surface area (Å²) in [6, 6.07) is 11.8. The van der Waals surface area contributed by atoms with E-state index < -0.39 is 10.0 Å². The normalized spacial score (nSPS) is 15.4. The van der Waals surface area contributed by atoms with Gasteiger partial charge >= 0.3 is 0 Å². The highest BCUT2D eigenvalue weighted by Gasteiger charge is 2.25. The lowest BCUT2D eigenvalue weighted by Gasteiger charge is -2.28. The molecule has 3 rings (SSSR count). The van der Waals surface area contributed by atoms with E-state index in [0.717, 1.165) is 44.8 Å². The number of nitriles is 1. The summed E-state index contributed by atoms with van der Waals surface area (Å²) in [5.41, 5.74) is 1.21. The van der Waals surface area contributed by atoms with Crippen molar-refractivity contribution < 1.29 is 13.2 Å². The fourth-order valence-electron chi connectivity index (χ4n) is 3.15. The van der Waals surface area contributed by atoms with E-state index in [1.165, 1.54) is 16.4 Å². The molecule has 7 nitrogen and oxygen atoms in total. The predicted molar refractivity (Wildman–Crippen MR) is 105 cm³/mol. The first-order chi connectivity index (χ1) is 13.6. The molecule has 0 bridgehead atoms. The van der Waals surface area contributed by atoms with E-state index in [1.54, 1.807) is 24.5 Å². The summed E-state index contributed by atoms with van der Waals surface area (Å²) in [6.45, 7) is 4.69. The molecule has 28 heavy (non-hydrogen) atoms. The molecule has 0 aliphatic carbocycles. The average molecular weight is 401 g/mol. The van der Waals surface area contributed by atoms with Crippen LogP contribution in [-0.4, -0.2) is 62.0 Å². The van der Waals surface area contributed by atoms with E-state index in [-0.39, 0.29) is 11.4 Å². The van der Waals surface area contributed by atoms with Crippen molar-refractivity contribution in [3.05, 3.63) is 59.9 Å². The minimum absolute atomic E-state index is 0.145. The van der Waals surface area contributed by atoms with Gasteiger partial charge in [0, 0.05) is 38.6 Å². The van der Waals surface area contributed by atoms with Crippen LogP contribution in [0.2, 0.25) is 0 Å². The summed E-state index contributed by atoms with van der Waals surface area (Å²) in [5, 5.41) is 9.11.